The van der Waals surface area contributed by atoms with Crippen molar-refractivity contribution >= 4 is 73.5 Å². The van der Waals surface area contributed by atoms with Crippen molar-refractivity contribution in [3.05, 3.63) is 169 Å². The zero-order valence-electron chi connectivity index (χ0n) is 32.4. The second kappa shape index (κ2) is 27.2. The van der Waals surface area contributed by atoms with Gasteiger partial charge >= 0.3 is 28.5 Å². The van der Waals surface area contributed by atoms with E-state index in [0.29, 0.717) is 46.7 Å². The van der Waals surface area contributed by atoms with Crippen molar-refractivity contribution in [1.29, 1.82) is 0 Å². The third-order valence-electron chi connectivity index (χ3n) is 7.97. The molecule has 0 aliphatic rings. The van der Waals surface area contributed by atoms with E-state index in [1.54, 1.807) is 97.9 Å². The van der Waals surface area contributed by atoms with E-state index in [1.807, 2.05) is 6.07 Å². The summed E-state index contributed by atoms with van der Waals surface area (Å²) >= 11 is 0. The van der Waals surface area contributed by atoms with Gasteiger partial charge in [-0.15, -0.1) is 0 Å². The van der Waals surface area contributed by atoms with Gasteiger partial charge in [0.05, 0.1) is 0 Å². The first kappa shape index (κ1) is 50.5. The minimum absolute atomic E-state index is 0.00931. The van der Waals surface area contributed by atoms with Gasteiger partial charge in [-0.2, -0.15) is 0 Å². The van der Waals surface area contributed by atoms with Crippen LogP contribution in [0.2, 0.25) is 0 Å². The largest absolute Gasteiger partial charge is 0.488 e. The molecule has 0 fully saturated rings. The van der Waals surface area contributed by atoms with Crippen LogP contribution in [0.15, 0.2) is 147 Å². The number of hydrogen-bond acceptors (Lipinski definition) is 12. The van der Waals surface area contributed by atoms with Crippen LogP contribution in [-0.2, 0) is 44.9 Å². The van der Waals surface area contributed by atoms with Crippen LogP contribution >= 0.6 is 0 Å². The Bertz CT molecular complexity index is 1990. The van der Waals surface area contributed by atoms with E-state index in [0.717, 1.165) is 22.3 Å². The average Bonchev–Trinajstić information content (AvgIpc) is 3.20. The van der Waals surface area contributed by atoms with Gasteiger partial charge < -0.3 is 40.2 Å². The fraction of sp³-hybridized carbons (Fsp3) is 0.143. The number of benzene rings is 4. The van der Waals surface area contributed by atoms with Crippen molar-refractivity contribution < 1.29 is 59.4 Å². The number of Topliss-reactive ketones (excluding diaryl/α,β-unsaturated/α-hetero) is 1. The first-order valence-corrected chi connectivity index (χ1v) is 17.8. The first-order valence-electron chi connectivity index (χ1n) is 17.8. The number of rotatable bonds is 17. The topological polar surface area (TPSA) is 230 Å². The highest BCUT2D eigenvalue weighted by atomic mass is 16.4. The molecular weight excluding hydrogens is 740 g/mol. The van der Waals surface area contributed by atoms with Crippen molar-refractivity contribution in [2.75, 3.05) is 0 Å². The normalized spacial score (nSPS) is 9.67. The fourth-order valence-corrected chi connectivity index (χ4v) is 4.70. The Labute approximate surface area is 340 Å². The third kappa shape index (κ3) is 20.6. The van der Waals surface area contributed by atoms with E-state index >= 15 is 0 Å². The van der Waals surface area contributed by atoms with Crippen molar-refractivity contribution in [2.24, 2.45) is 0 Å². The van der Waals surface area contributed by atoms with Crippen LogP contribution < -0.4 is 21.9 Å². The lowest BCUT2D eigenvalue weighted by Crippen LogP contribution is -2.30. The third-order valence-corrected chi connectivity index (χ3v) is 7.97. The number of hydrogen-bond donors (Lipinski definition) is 8. The molecule has 4 rings (SSSR count). The van der Waals surface area contributed by atoms with Crippen LogP contribution in [0, 0.1) is 0 Å². The summed E-state index contributed by atoms with van der Waals surface area (Å²) in [6.45, 7) is 15.3. The number of aryl methyl sites for hydroxylation is 1. The Morgan fingerprint density at radius 1 is 0.483 bits per heavy atom. The molecular formula is C42H48B4O12. The molecule has 0 saturated carbocycles. The van der Waals surface area contributed by atoms with Crippen LogP contribution in [0.4, 0.5) is 0 Å². The van der Waals surface area contributed by atoms with Crippen LogP contribution in [0.1, 0.15) is 35.6 Å². The number of carbonyl (C=O) groups excluding carboxylic acids is 4. The second-order valence-corrected chi connectivity index (χ2v) is 12.7. The summed E-state index contributed by atoms with van der Waals surface area (Å²) in [4.78, 5) is 44.4. The van der Waals surface area contributed by atoms with Crippen molar-refractivity contribution in [3.8, 4) is 0 Å². The summed E-state index contributed by atoms with van der Waals surface area (Å²) in [5, 5.41) is 71.2. The molecule has 0 aromatic heterocycles. The second-order valence-electron chi connectivity index (χ2n) is 12.7. The van der Waals surface area contributed by atoms with Gasteiger partial charge in [0, 0.05) is 25.7 Å². The number of carbonyl (C=O) groups is 4. The molecule has 0 unspecified atom stereocenters. The van der Waals surface area contributed by atoms with Crippen LogP contribution in [-0.4, -0.2) is 91.8 Å². The Morgan fingerprint density at radius 3 is 1.22 bits per heavy atom. The quantitative estimate of drug-likeness (QED) is 0.0498. The van der Waals surface area contributed by atoms with Crippen molar-refractivity contribution in [2.45, 2.75) is 39.0 Å². The fourth-order valence-electron chi connectivity index (χ4n) is 4.70. The summed E-state index contributed by atoms with van der Waals surface area (Å²) in [6.07, 6.45) is 5.59. The highest BCUT2D eigenvalue weighted by Crippen LogP contribution is 2.05. The zero-order valence-corrected chi connectivity index (χ0v) is 32.4. The van der Waals surface area contributed by atoms with Gasteiger partial charge in [0.2, 0.25) is 0 Å². The molecule has 0 amide bonds. The molecule has 58 heavy (non-hydrogen) atoms. The molecule has 0 atom stereocenters. The highest BCUT2D eigenvalue weighted by molar-refractivity contribution is 6.59. The lowest BCUT2D eigenvalue weighted by Gasteiger charge is -2.03. The molecule has 12 nitrogen and oxygen atoms in total. The van der Waals surface area contributed by atoms with Gasteiger partial charge in [0.15, 0.2) is 23.1 Å². The van der Waals surface area contributed by atoms with Crippen molar-refractivity contribution in [3.63, 3.8) is 0 Å². The molecule has 0 heterocycles. The lowest BCUT2D eigenvalue weighted by atomic mass is 9.79. The molecule has 0 aliphatic carbocycles. The summed E-state index contributed by atoms with van der Waals surface area (Å²) in [7, 11) is -5.90. The zero-order chi connectivity index (χ0) is 43.8. The minimum atomic E-state index is -1.50. The SMILES string of the molecule is C=C(C)C(=O)Cc1cccc(B(O)O)c1.C=CC(=O)CCc1cccc(B(O)O)c1.C=CC(=O)Cc1ccc(B(O)O)cc1.C=CC(=O)Cc1cccc(B(O)O)c1. The molecule has 16 heteroatoms. The van der Waals surface area contributed by atoms with E-state index in [1.165, 1.54) is 18.2 Å². The van der Waals surface area contributed by atoms with E-state index in [2.05, 4.69) is 26.3 Å². The van der Waals surface area contributed by atoms with Crippen LogP contribution in [0.25, 0.3) is 0 Å². The first-order chi connectivity index (χ1) is 27.4. The Morgan fingerprint density at radius 2 is 0.845 bits per heavy atom. The molecule has 4 aromatic carbocycles. The summed E-state index contributed by atoms with van der Waals surface area (Å²) < 4.78 is 0. The monoisotopic (exact) mass is 788 g/mol. The molecule has 0 aliphatic heterocycles. The smallest absolute Gasteiger partial charge is 0.423 e. The van der Waals surface area contributed by atoms with Gasteiger partial charge in [0.25, 0.3) is 0 Å². The number of ketones is 4. The van der Waals surface area contributed by atoms with E-state index in [9.17, 15) is 19.2 Å². The molecule has 0 saturated heterocycles. The highest BCUT2D eigenvalue weighted by Gasteiger charge is 2.14. The minimum Gasteiger partial charge on any atom is -0.423 e. The van der Waals surface area contributed by atoms with Gasteiger partial charge in [-0.25, -0.2) is 0 Å². The van der Waals surface area contributed by atoms with Crippen LogP contribution in [0.3, 0.4) is 0 Å². The Kier molecular flexibility index (Phi) is 23.6. The van der Waals surface area contributed by atoms with Crippen LogP contribution in [0.5, 0.6) is 0 Å². The molecule has 0 radical (unpaired) electrons. The summed E-state index contributed by atoms with van der Waals surface area (Å²) in [5.41, 5.74) is 5.40. The molecule has 300 valence electrons. The maximum atomic E-state index is 11.4. The van der Waals surface area contributed by atoms with Gasteiger partial charge in [-0.1, -0.05) is 123 Å². The Hall–Kier alpha value is -5.54. The van der Waals surface area contributed by atoms with Gasteiger partial charge in [0.1, 0.15) is 0 Å². The number of allylic oxidation sites excluding steroid dienone is 4. The molecule has 0 bridgehead atoms. The van der Waals surface area contributed by atoms with Crippen molar-refractivity contribution in [1.82, 2.24) is 0 Å². The van der Waals surface area contributed by atoms with Gasteiger partial charge in [-0.3, -0.25) is 19.2 Å². The maximum absolute atomic E-state index is 11.4. The summed E-state index contributed by atoms with van der Waals surface area (Å²) in [6, 6.07) is 26.7. The maximum Gasteiger partial charge on any atom is 0.488 e. The lowest BCUT2D eigenvalue weighted by molar-refractivity contribution is -0.115. The Balaban J connectivity index is 0.000000387. The summed E-state index contributed by atoms with van der Waals surface area (Å²) in [5.74, 6) is -0.193. The molecule has 4 aromatic rings. The standard InChI is InChI=1S/2C11H13BO3.2C10H11BO3/c1-8(2)11(13)7-9-4-3-5-10(6-9)12(14)15;1-2-11(13)7-6-9-4-3-5-10(8-9)12(14)15;1-2-10(12)7-8-3-5-9(6-4-8)11(13)14;1-2-10(12)7-8-4-3-5-9(6-8)11(13)14/h3-6,14-15H,1,7H2,2H3;2-5,8,14-15H,1,6-7H2;2*2-6,13-14H,1,7H2. The van der Waals surface area contributed by atoms with E-state index in [-0.39, 0.29) is 36.0 Å². The average molecular weight is 788 g/mol. The predicted molar refractivity (Wildman–Crippen MR) is 230 cm³/mol. The molecule has 8 N–H and O–H groups in total. The molecule has 0 spiro atoms. The predicted octanol–water partition coefficient (Wildman–Crippen LogP) is -0.564. The van der Waals surface area contributed by atoms with Gasteiger partial charge in [-0.05, 0) is 81.3 Å². The van der Waals surface area contributed by atoms with E-state index < -0.39 is 28.5 Å². The van der Waals surface area contributed by atoms with E-state index in [4.69, 9.17) is 40.2 Å².